The number of hydrogen-bond acceptors (Lipinski definition) is 4. The second kappa shape index (κ2) is 7.24. The number of Topliss-reactive ketones (excluding diaryl/α,β-unsaturated/α-hetero) is 1. The van der Waals surface area contributed by atoms with Gasteiger partial charge in [0.1, 0.15) is 5.78 Å². The fourth-order valence-corrected chi connectivity index (χ4v) is 0.915. The number of ketones is 1. The van der Waals surface area contributed by atoms with E-state index in [9.17, 15) is 14.4 Å². The second-order valence-corrected chi connectivity index (χ2v) is 3.15. The maximum Gasteiger partial charge on any atom is 0.313 e. The van der Waals surface area contributed by atoms with E-state index < -0.39 is 11.9 Å². The first-order chi connectivity index (χ1) is 6.56. The molecule has 0 unspecified atom stereocenters. The van der Waals surface area contributed by atoms with Crippen molar-refractivity contribution in [3.63, 3.8) is 0 Å². The molecule has 0 saturated carbocycles. The van der Waals surface area contributed by atoms with Gasteiger partial charge in [-0.15, -0.1) is 0 Å². The molecule has 0 aliphatic rings. The highest BCUT2D eigenvalue weighted by molar-refractivity contribution is 5.85. The van der Waals surface area contributed by atoms with Crippen molar-refractivity contribution in [2.75, 3.05) is 0 Å². The standard InChI is InChI=1S/C10H16O4/c1-3-5-9(12)14-10(13)7-4-6-8(2)11/h3-7H2,1-2H3. The van der Waals surface area contributed by atoms with Gasteiger partial charge in [-0.2, -0.15) is 0 Å². The maximum absolute atomic E-state index is 11.0. The molecule has 0 aliphatic heterocycles. The SMILES string of the molecule is CCCC(=O)OC(=O)CCCC(C)=O. The lowest BCUT2D eigenvalue weighted by Crippen LogP contribution is -2.11. The minimum atomic E-state index is -0.537. The summed E-state index contributed by atoms with van der Waals surface area (Å²) in [5.74, 6) is -0.984. The van der Waals surface area contributed by atoms with Crippen LogP contribution in [0.2, 0.25) is 0 Å². The van der Waals surface area contributed by atoms with Gasteiger partial charge in [-0.05, 0) is 19.8 Å². The van der Waals surface area contributed by atoms with Gasteiger partial charge in [0.05, 0.1) is 0 Å². The van der Waals surface area contributed by atoms with Crippen LogP contribution in [0.3, 0.4) is 0 Å². The van der Waals surface area contributed by atoms with E-state index in [1.54, 1.807) is 0 Å². The molecule has 80 valence electrons. The highest BCUT2D eigenvalue weighted by Gasteiger charge is 2.09. The summed E-state index contributed by atoms with van der Waals surface area (Å²) in [7, 11) is 0. The molecule has 0 aromatic carbocycles. The van der Waals surface area contributed by atoms with E-state index in [4.69, 9.17) is 0 Å². The Labute approximate surface area is 83.6 Å². The monoisotopic (exact) mass is 200 g/mol. The minimum Gasteiger partial charge on any atom is -0.393 e. The van der Waals surface area contributed by atoms with E-state index in [1.165, 1.54) is 6.92 Å². The normalized spacial score (nSPS) is 9.57. The molecule has 0 aliphatic carbocycles. The summed E-state index contributed by atoms with van der Waals surface area (Å²) < 4.78 is 4.48. The van der Waals surface area contributed by atoms with Crippen LogP contribution in [0.5, 0.6) is 0 Å². The molecule has 0 radical (unpaired) electrons. The fourth-order valence-electron chi connectivity index (χ4n) is 0.915. The highest BCUT2D eigenvalue weighted by Crippen LogP contribution is 2.00. The van der Waals surface area contributed by atoms with Crippen molar-refractivity contribution in [2.45, 2.75) is 46.0 Å². The number of carbonyl (C=O) groups excluding carboxylic acids is 3. The summed E-state index contributed by atoms with van der Waals surface area (Å²) in [6.07, 6.45) is 1.87. The van der Waals surface area contributed by atoms with Crippen molar-refractivity contribution >= 4 is 17.7 Å². The van der Waals surface area contributed by atoms with E-state index in [0.29, 0.717) is 19.3 Å². The van der Waals surface area contributed by atoms with Crippen molar-refractivity contribution in [1.82, 2.24) is 0 Å². The first-order valence-electron chi connectivity index (χ1n) is 4.79. The van der Waals surface area contributed by atoms with Gasteiger partial charge in [0, 0.05) is 19.3 Å². The molecule has 0 bridgehead atoms. The fraction of sp³-hybridized carbons (Fsp3) is 0.700. The predicted octanol–water partition coefficient (Wildman–Crippen LogP) is 1.62. The lowest BCUT2D eigenvalue weighted by Gasteiger charge is -2.00. The largest absolute Gasteiger partial charge is 0.393 e. The Kier molecular flexibility index (Phi) is 6.62. The smallest absolute Gasteiger partial charge is 0.313 e. The predicted molar refractivity (Wildman–Crippen MR) is 50.5 cm³/mol. The van der Waals surface area contributed by atoms with Gasteiger partial charge in [0.2, 0.25) is 0 Å². The molecule has 0 heterocycles. The van der Waals surface area contributed by atoms with E-state index in [1.807, 2.05) is 6.92 Å². The number of hydrogen-bond donors (Lipinski definition) is 0. The molecule has 4 nitrogen and oxygen atoms in total. The van der Waals surface area contributed by atoms with Crippen LogP contribution in [0.1, 0.15) is 46.0 Å². The topological polar surface area (TPSA) is 60.4 Å². The molecule has 0 atom stereocenters. The van der Waals surface area contributed by atoms with Crippen molar-refractivity contribution in [3.8, 4) is 0 Å². The Bertz CT molecular complexity index is 220. The first kappa shape index (κ1) is 12.8. The van der Waals surface area contributed by atoms with Crippen LogP contribution in [0.25, 0.3) is 0 Å². The van der Waals surface area contributed by atoms with Gasteiger partial charge in [0.25, 0.3) is 0 Å². The number of rotatable bonds is 6. The van der Waals surface area contributed by atoms with E-state index in [2.05, 4.69) is 4.74 Å². The number of esters is 2. The molecule has 0 amide bonds. The zero-order valence-corrected chi connectivity index (χ0v) is 8.67. The molecule has 0 saturated heterocycles. The van der Waals surface area contributed by atoms with Crippen LogP contribution in [0, 0.1) is 0 Å². The molecule has 4 heteroatoms. The summed E-state index contributed by atoms with van der Waals surface area (Å²) in [6, 6.07) is 0. The number of carbonyl (C=O) groups is 3. The second-order valence-electron chi connectivity index (χ2n) is 3.15. The van der Waals surface area contributed by atoms with E-state index >= 15 is 0 Å². The lowest BCUT2D eigenvalue weighted by atomic mass is 10.2. The van der Waals surface area contributed by atoms with Gasteiger partial charge in [-0.1, -0.05) is 6.92 Å². The first-order valence-corrected chi connectivity index (χ1v) is 4.79. The maximum atomic E-state index is 11.0. The Balaban J connectivity index is 3.55. The third-order valence-corrected chi connectivity index (χ3v) is 1.59. The Hall–Kier alpha value is -1.19. The van der Waals surface area contributed by atoms with Crippen LogP contribution in [0.4, 0.5) is 0 Å². The molecule has 0 spiro atoms. The summed E-state index contributed by atoms with van der Waals surface area (Å²) in [5.41, 5.74) is 0. The van der Waals surface area contributed by atoms with Crippen LogP contribution in [0.15, 0.2) is 0 Å². The van der Waals surface area contributed by atoms with Gasteiger partial charge in [-0.3, -0.25) is 9.59 Å². The molecule has 0 rings (SSSR count). The van der Waals surface area contributed by atoms with Gasteiger partial charge in [0.15, 0.2) is 0 Å². The van der Waals surface area contributed by atoms with E-state index in [-0.39, 0.29) is 18.6 Å². The summed E-state index contributed by atoms with van der Waals surface area (Å²) in [5, 5.41) is 0. The third kappa shape index (κ3) is 7.46. The average molecular weight is 200 g/mol. The van der Waals surface area contributed by atoms with Crippen molar-refractivity contribution in [2.24, 2.45) is 0 Å². The Morgan fingerprint density at radius 1 is 1.00 bits per heavy atom. The van der Waals surface area contributed by atoms with Crippen LogP contribution in [-0.2, 0) is 19.1 Å². The number of ether oxygens (including phenoxy) is 1. The highest BCUT2D eigenvalue weighted by atomic mass is 16.6. The molecule has 0 N–H and O–H groups in total. The van der Waals surface area contributed by atoms with Crippen molar-refractivity contribution in [1.29, 1.82) is 0 Å². The molecule has 0 aromatic rings. The zero-order chi connectivity index (χ0) is 11.0. The summed E-state index contributed by atoms with van der Waals surface area (Å²) in [6.45, 7) is 3.30. The van der Waals surface area contributed by atoms with Crippen molar-refractivity contribution < 1.29 is 19.1 Å². The van der Waals surface area contributed by atoms with Gasteiger partial charge >= 0.3 is 11.9 Å². The Morgan fingerprint density at radius 2 is 1.57 bits per heavy atom. The average Bonchev–Trinajstić information content (AvgIpc) is 2.03. The summed E-state index contributed by atoms with van der Waals surface area (Å²) >= 11 is 0. The van der Waals surface area contributed by atoms with Gasteiger partial charge in [-0.25, -0.2) is 0 Å². The quantitative estimate of drug-likeness (QED) is 0.482. The van der Waals surface area contributed by atoms with Crippen LogP contribution < -0.4 is 0 Å². The van der Waals surface area contributed by atoms with Crippen LogP contribution >= 0.6 is 0 Å². The van der Waals surface area contributed by atoms with Crippen LogP contribution in [-0.4, -0.2) is 17.7 Å². The molecule has 0 fully saturated rings. The zero-order valence-electron chi connectivity index (χ0n) is 8.67. The molecule has 14 heavy (non-hydrogen) atoms. The van der Waals surface area contributed by atoms with Crippen molar-refractivity contribution in [3.05, 3.63) is 0 Å². The third-order valence-electron chi connectivity index (χ3n) is 1.59. The summed E-state index contributed by atoms with van der Waals surface area (Å²) in [4.78, 5) is 32.3. The minimum absolute atomic E-state index is 0.0395. The van der Waals surface area contributed by atoms with E-state index in [0.717, 1.165) is 0 Å². The molecular formula is C10H16O4. The lowest BCUT2D eigenvalue weighted by molar-refractivity contribution is -0.159. The molecular weight excluding hydrogens is 184 g/mol. The molecule has 0 aromatic heterocycles. The van der Waals surface area contributed by atoms with Gasteiger partial charge < -0.3 is 9.53 Å². The Morgan fingerprint density at radius 3 is 2.07 bits per heavy atom.